The summed E-state index contributed by atoms with van der Waals surface area (Å²) < 4.78 is 25.9. The maximum atomic E-state index is 13.3. The molecule has 0 aliphatic carbocycles. The number of benzene rings is 2. The molecule has 1 aliphatic heterocycles. The standard InChI is InChI=1S/C21H20FN3O3/c1-3-28-18-9-4-13(10-19(18)27-2)16-11-20(26)24-21-17(16)12-23-25(21)15-7-5-14(22)6-8-15/h4-10,12,16H,3,11H2,1-2H3,(H,24,26). The summed E-state index contributed by atoms with van der Waals surface area (Å²) in [7, 11) is 1.59. The minimum absolute atomic E-state index is 0.103. The number of halogens is 1. The Morgan fingerprint density at radius 2 is 2.00 bits per heavy atom. The first-order chi connectivity index (χ1) is 13.6. The summed E-state index contributed by atoms with van der Waals surface area (Å²) in [6.07, 6.45) is 2.05. The second kappa shape index (κ2) is 7.34. The molecule has 2 aromatic carbocycles. The number of amides is 1. The highest BCUT2D eigenvalue weighted by Gasteiger charge is 2.31. The highest BCUT2D eigenvalue weighted by Crippen LogP contribution is 2.40. The van der Waals surface area contributed by atoms with Gasteiger partial charge >= 0.3 is 0 Å². The van der Waals surface area contributed by atoms with Gasteiger partial charge in [-0.3, -0.25) is 4.79 Å². The van der Waals surface area contributed by atoms with Crippen molar-refractivity contribution in [1.82, 2.24) is 9.78 Å². The van der Waals surface area contributed by atoms with Crippen molar-refractivity contribution in [2.45, 2.75) is 19.3 Å². The number of fused-ring (bicyclic) bond motifs is 1. The molecular formula is C21H20FN3O3. The molecule has 1 aliphatic rings. The first-order valence-electron chi connectivity index (χ1n) is 9.05. The number of rotatable bonds is 5. The molecule has 0 saturated carbocycles. The third kappa shape index (κ3) is 3.19. The van der Waals surface area contributed by atoms with E-state index in [1.54, 1.807) is 30.1 Å². The van der Waals surface area contributed by atoms with E-state index in [0.29, 0.717) is 36.0 Å². The van der Waals surface area contributed by atoms with E-state index in [0.717, 1.165) is 11.1 Å². The number of aromatic nitrogens is 2. The third-order valence-electron chi connectivity index (χ3n) is 4.78. The number of hydrogen-bond acceptors (Lipinski definition) is 4. The van der Waals surface area contributed by atoms with Crippen molar-refractivity contribution in [3.05, 3.63) is 65.6 Å². The largest absolute Gasteiger partial charge is 0.493 e. The summed E-state index contributed by atoms with van der Waals surface area (Å²) in [4.78, 5) is 12.4. The Kier molecular flexibility index (Phi) is 4.73. The van der Waals surface area contributed by atoms with Crippen molar-refractivity contribution in [2.75, 3.05) is 19.0 Å². The Morgan fingerprint density at radius 1 is 1.21 bits per heavy atom. The van der Waals surface area contributed by atoms with Gasteiger partial charge in [0.25, 0.3) is 0 Å². The topological polar surface area (TPSA) is 65.4 Å². The number of carbonyl (C=O) groups excluding carboxylic acids is 1. The number of nitrogens with one attached hydrogen (secondary N) is 1. The quantitative estimate of drug-likeness (QED) is 0.728. The maximum absolute atomic E-state index is 13.3. The van der Waals surface area contributed by atoms with Crippen LogP contribution < -0.4 is 14.8 Å². The van der Waals surface area contributed by atoms with Crippen LogP contribution in [0, 0.1) is 5.82 Å². The monoisotopic (exact) mass is 381 g/mol. The Balaban J connectivity index is 1.76. The average molecular weight is 381 g/mol. The summed E-state index contributed by atoms with van der Waals surface area (Å²) >= 11 is 0. The highest BCUT2D eigenvalue weighted by atomic mass is 19.1. The lowest BCUT2D eigenvalue weighted by molar-refractivity contribution is -0.116. The van der Waals surface area contributed by atoms with Gasteiger partial charge in [-0.05, 0) is 48.9 Å². The molecule has 0 spiro atoms. The number of anilines is 1. The van der Waals surface area contributed by atoms with Crippen LogP contribution in [0.2, 0.25) is 0 Å². The summed E-state index contributed by atoms with van der Waals surface area (Å²) in [6.45, 7) is 2.45. The van der Waals surface area contributed by atoms with Crippen LogP contribution in [0.25, 0.3) is 5.69 Å². The highest BCUT2D eigenvalue weighted by molar-refractivity contribution is 5.94. The van der Waals surface area contributed by atoms with Gasteiger partial charge in [0.2, 0.25) is 5.91 Å². The molecule has 7 heteroatoms. The van der Waals surface area contributed by atoms with Gasteiger partial charge in [-0.1, -0.05) is 6.07 Å². The lowest BCUT2D eigenvalue weighted by Crippen LogP contribution is -2.24. The zero-order valence-corrected chi connectivity index (χ0v) is 15.6. The molecule has 144 valence electrons. The van der Waals surface area contributed by atoms with E-state index in [-0.39, 0.29) is 17.6 Å². The fourth-order valence-corrected chi connectivity index (χ4v) is 3.47. The normalized spacial score (nSPS) is 15.7. The Hall–Kier alpha value is -3.35. The van der Waals surface area contributed by atoms with Gasteiger partial charge in [0.15, 0.2) is 11.5 Å². The summed E-state index contributed by atoms with van der Waals surface area (Å²) in [5.41, 5.74) is 2.51. The summed E-state index contributed by atoms with van der Waals surface area (Å²) in [5, 5.41) is 7.31. The summed E-state index contributed by atoms with van der Waals surface area (Å²) in [6, 6.07) is 11.7. The SMILES string of the molecule is CCOc1ccc(C2CC(=O)Nc3c2cnn3-c2ccc(F)cc2)cc1OC. The molecule has 0 saturated heterocycles. The summed E-state index contributed by atoms with van der Waals surface area (Å²) in [5.74, 6) is 1.29. The van der Waals surface area contributed by atoms with E-state index in [1.165, 1.54) is 12.1 Å². The number of carbonyl (C=O) groups is 1. The fraction of sp³-hybridized carbons (Fsp3) is 0.238. The van der Waals surface area contributed by atoms with Crippen LogP contribution in [0.5, 0.6) is 11.5 Å². The van der Waals surface area contributed by atoms with E-state index in [1.807, 2.05) is 25.1 Å². The predicted octanol–water partition coefficient (Wildman–Crippen LogP) is 3.89. The van der Waals surface area contributed by atoms with Gasteiger partial charge in [0, 0.05) is 17.9 Å². The van der Waals surface area contributed by atoms with Crippen molar-refractivity contribution >= 4 is 11.7 Å². The van der Waals surface area contributed by atoms with Gasteiger partial charge in [0.05, 0.1) is 25.6 Å². The molecule has 0 bridgehead atoms. The molecule has 1 N–H and O–H groups in total. The first-order valence-corrected chi connectivity index (χ1v) is 9.05. The van der Waals surface area contributed by atoms with E-state index in [9.17, 15) is 9.18 Å². The molecule has 4 rings (SSSR count). The molecule has 6 nitrogen and oxygen atoms in total. The second-order valence-corrected chi connectivity index (χ2v) is 6.48. The van der Waals surface area contributed by atoms with Gasteiger partial charge < -0.3 is 14.8 Å². The number of nitrogens with zero attached hydrogens (tertiary/aromatic N) is 2. The molecule has 3 aromatic rings. The molecule has 28 heavy (non-hydrogen) atoms. The Morgan fingerprint density at radius 3 is 2.71 bits per heavy atom. The molecular weight excluding hydrogens is 361 g/mol. The van der Waals surface area contributed by atoms with E-state index >= 15 is 0 Å². The minimum Gasteiger partial charge on any atom is -0.493 e. The van der Waals surface area contributed by atoms with Gasteiger partial charge in [-0.15, -0.1) is 0 Å². The maximum Gasteiger partial charge on any atom is 0.226 e. The van der Waals surface area contributed by atoms with E-state index < -0.39 is 0 Å². The van der Waals surface area contributed by atoms with Crippen LogP contribution in [0.15, 0.2) is 48.7 Å². The van der Waals surface area contributed by atoms with Crippen LogP contribution in [-0.2, 0) is 4.79 Å². The van der Waals surface area contributed by atoms with Crippen LogP contribution in [0.4, 0.5) is 10.2 Å². The molecule has 1 atom stereocenters. The minimum atomic E-state index is -0.326. The lowest BCUT2D eigenvalue weighted by Gasteiger charge is -2.24. The van der Waals surface area contributed by atoms with Crippen LogP contribution in [-0.4, -0.2) is 29.4 Å². The third-order valence-corrected chi connectivity index (χ3v) is 4.78. The molecule has 1 aromatic heterocycles. The van der Waals surface area contributed by atoms with E-state index in [2.05, 4.69) is 10.4 Å². The zero-order valence-electron chi connectivity index (χ0n) is 15.6. The molecule has 0 fully saturated rings. The fourth-order valence-electron chi connectivity index (χ4n) is 3.47. The first kappa shape index (κ1) is 18.0. The van der Waals surface area contributed by atoms with Crippen LogP contribution in [0.1, 0.15) is 30.4 Å². The Bertz CT molecular complexity index is 1010. The number of ether oxygens (including phenoxy) is 2. The smallest absolute Gasteiger partial charge is 0.226 e. The van der Waals surface area contributed by atoms with Crippen molar-refractivity contribution in [1.29, 1.82) is 0 Å². The van der Waals surface area contributed by atoms with Crippen molar-refractivity contribution in [3.63, 3.8) is 0 Å². The Labute approximate surface area is 161 Å². The van der Waals surface area contributed by atoms with Crippen molar-refractivity contribution in [2.24, 2.45) is 0 Å². The van der Waals surface area contributed by atoms with Gasteiger partial charge in [0.1, 0.15) is 11.6 Å². The van der Waals surface area contributed by atoms with Crippen molar-refractivity contribution in [3.8, 4) is 17.2 Å². The second-order valence-electron chi connectivity index (χ2n) is 6.48. The van der Waals surface area contributed by atoms with Gasteiger partial charge in [-0.2, -0.15) is 5.10 Å². The zero-order chi connectivity index (χ0) is 19.7. The van der Waals surface area contributed by atoms with Crippen LogP contribution >= 0.6 is 0 Å². The molecule has 2 heterocycles. The van der Waals surface area contributed by atoms with Crippen LogP contribution in [0.3, 0.4) is 0 Å². The lowest BCUT2D eigenvalue weighted by atomic mass is 9.87. The van der Waals surface area contributed by atoms with Crippen molar-refractivity contribution < 1.29 is 18.7 Å². The van der Waals surface area contributed by atoms with E-state index in [4.69, 9.17) is 9.47 Å². The van der Waals surface area contributed by atoms with Gasteiger partial charge in [-0.25, -0.2) is 9.07 Å². The molecule has 1 amide bonds. The number of hydrogen-bond donors (Lipinski definition) is 1. The average Bonchev–Trinajstić information content (AvgIpc) is 3.12. The predicted molar refractivity (Wildman–Crippen MR) is 103 cm³/mol. The number of methoxy groups -OCH3 is 1. The molecule has 1 unspecified atom stereocenters. The molecule has 0 radical (unpaired) electrons.